The number of rotatable bonds is 4. The zero-order valence-electron chi connectivity index (χ0n) is 8.77. The quantitative estimate of drug-likeness (QED) is 0.798. The van der Waals surface area contributed by atoms with Crippen LogP contribution in [0.1, 0.15) is 12.7 Å². The van der Waals surface area contributed by atoms with Crippen LogP contribution in [0.5, 0.6) is 0 Å². The second kappa shape index (κ2) is 4.22. The van der Waals surface area contributed by atoms with Crippen LogP contribution in [0.4, 0.5) is 0 Å². The van der Waals surface area contributed by atoms with E-state index in [1.807, 2.05) is 30.9 Å². The summed E-state index contributed by atoms with van der Waals surface area (Å²) in [5, 5.41) is 11.0. The molecule has 0 aromatic carbocycles. The van der Waals surface area contributed by atoms with Gasteiger partial charge >= 0.3 is 0 Å². The first kappa shape index (κ1) is 9.85. The van der Waals surface area contributed by atoms with Gasteiger partial charge in [0.05, 0.1) is 6.54 Å². The Balaban J connectivity index is 2.21. The van der Waals surface area contributed by atoms with Gasteiger partial charge in [-0.05, 0) is 20.0 Å². The highest BCUT2D eigenvalue weighted by Crippen LogP contribution is 2.13. The fourth-order valence-electron chi connectivity index (χ4n) is 1.24. The Morgan fingerprint density at radius 1 is 1.53 bits per heavy atom. The molecule has 0 aliphatic carbocycles. The molecule has 0 saturated carbocycles. The minimum absolute atomic E-state index is 0.465. The monoisotopic (exact) mass is 207 g/mol. The first-order valence-electron chi connectivity index (χ1n) is 4.84. The van der Waals surface area contributed by atoms with Crippen LogP contribution >= 0.6 is 0 Å². The zero-order valence-corrected chi connectivity index (χ0v) is 8.77. The molecule has 15 heavy (non-hydrogen) atoms. The molecule has 2 rings (SSSR count). The van der Waals surface area contributed by atoms with Crippen molar-refractivity contribution in [2.45, 2.75) is 20.0 Å². The van der Waals surface area contributed by atoms with Crippen molar-refractivity contribution in [1.29, 1.82) is 0 Å². The molecule has 2 aromatic rings. The maximum Gasteiger partial charge on any atom is 0.278 e. The number of hydrogen-bond donors (Lipinski definition) is 1. The molecule has 0 radical (unpaired) electrons. The van der Waals surface area contributed by atoms with E-state index in [0.717, 1.165) is 6.54 Å². The maximum atomic E-state index is 5.08. The molecule has 0 fully saturated rings. The molecule has 2 aromatic heterocycles. The number of hydrogen-bond acceptors (Lipinski definition) is 5. The maximum absolute atomic E-state index is 5.08. The van der Waals surface area contributed by atoms with Gasteiger partial charge in [0.1, 0.15) is 0 Å². The Morgan fingerprint density at radius 2 is 2.40 bits per heavy atom. The predicted molar refractivity (Wildman–Crippen MR) is 54.0 cm³/mol. The molecule has 80 valence electrons. The predicted octanol–water partition coefficient (Wildman–Crippen LogP) is 0.672. The normalized spacial score (nSPS) is 10.8. The van der Waals surface area contributed by atoms with E-state index in [0.29, 0.717) is 24.0 Å². The van der Waals surface area contributed by atoms with Gasteiger partial charge < -0.3 is 9.84 Å². The van der Waals surface area contributed by atoms with Gasteiger partial charge in [0.25, 0.3) is 5.89 Å². The van der Waals surface area contributed by atoms with Gasteiger partial charge in [-0.3, -0.25) is 4.68 Å². The fourth-order valence-corrected chi connectivity index (χ4v) is 1.24. The van der Waals surface area contributed by atoms with Gasteiger partial charge in [0, 0.05) is 12.7 Å². The van der Waals surface area contributed by atoms with Crippen molar-refractivity contribution >= 4 is 0 Å². The van der Waals surface area contributed by atoms with Crippen LogP contribution in [0.15, 0.2) is 16.8 Å². The van der Waals surface area contributed by atoms with Crippen molar-refractivity contribution < 1.29 is 4.52 Å². The van der Waals surface area contributed by atoms with Gasteiger partial charge in [-0.2, -0.15) is 10.1 Å². The Labute approximate surface area is 87.3 Å². The van der Waals surface area contributed by atoms with Crippen LogP contribution in [-0.2, 0) is 13.1 Å². The van der Waals surface area contributed by atoms with E-state index in [1.165, 1.54) is 0 Å². The SMILES string of the molecule is CCn1ccc(-c2nc(CNC)no2)n1. The summed E-state index contributed by atoms with van der Waals surface area (Å²) in [5.41, 5.74) is 0.715. The summed E-state index contributed by atoms with van der Waals surface area (Å²) in [5.74, 6) is 1.10. The average molecular weight is 207 g/mol. The Bertz CT molecular complexity index is 433. The van der Waals surface area contributed by atoms with Gasteiger partial charge in [0.2, 0.25) is 0 Å². The van der Waals surface area contributed by atoms with E-state index in [1.54, 1.807) is 0 Å². The second-order valence-corrected chi connectivity index (χ2v) is 3.10. The van der Waals surface area contributed by atoms with Crippen LogP contribution in [0.25, 0.3) is 11.6 Å². The molecule has 0 amide bonds. The molecule has 0 unspecified atom stereocenters. The lowest BCUT2D eigenvalue weighted by Crippen LogP contribution is -2.06. The third-order valence-electron chi connectivity index (χ3n) is 1.99. The zero-order chi connectivity index (χ0) is 10.7. The van der Waals surface area contributed by atoms with Crippen LogP contribution in [0.3, 0.4) is 0 Å². The molecule has 6 heteroatoms. The summed E-state index contributed by atoms with van der Waals surface area (Å²) in [4.78, 5) is 4.20. The topological polar surface area (TPSA) is 68.8 Å². The average Bonchev–Trinajstić information content (AvgIpc) is 2.85. The Hall–Kier alpha value is -1.69. The van der Waals surface area contributed by atoms with Crippen molar-refractivity contribution in [3.8, 4) is 11.6 Å². The molecule has 0 aliphatic rings. The molecule has 2 heterocycles. The van der Waals surface area contributed by atoms with Crippen LogP contribution in [-0.4, -0.2) is 27.0 Å². The van der Waals surface area contributed by atoms with Crippen molar-refractivity contribution in [3.63, 3.8) is 0 Å². The molecule has 6 nitrogen and oxygen atoms in total. The highest BCUT2D eigenvalue weighted by molar-refractivity contribution is 5.44. The number of aromatic nitrogens is 4. The van der Waals surface area contributed by atoms with Crippen molar-refractivity contribution in [1.82, 2.24) is 25.2 Å². The molecule has 0 saturated heterocycles. The second-order valence-electron chi connectivity index (χ2n) is 3.10. The standard InChI is InChI=1S/C9H13N5O/c1-3-14-5-4-7(12-14)9-11-8(6-10-2)13-15-9/h4-5,10H,3,6H2,1-2H3. The van der Waals surface area contributed by atoms with Gasteiger partial charge in [-0.25, -0.2) is 0 Å². The van der Waals surface area contributed by atoms with E-state index in [-0.39, 0.29) is 0 Å². The summed E-state index contributed by atoms with van der Waals surface area (Å²) in [6.45, 7) is 3.45. The number of aryl methyl sites for hydroxylation is 1. The number of nitrogens with zero attached hydrogens (tertiary/aromatic N) is 4. The van der Waals surface area contributed by atoms with Crippen LogP contribution in [0.2, 0.25) is 0 Å². The van der Waals surface area contributed by atoms with E-state index in [9.17, 15) is 0 Å². The van der Waals surface area contributed by atoms with Gasteiger partial charge in [-0.1, -0.05) is 5.16 Å². The van der Waals surface area contributed by atoms with E-state index in [2.05, 4.69) is 20.6 Å². The largest absolute Gasteiger partial charge is 0.332 e. The summed E-state index contributed by atoms with van der Waals surface area (Å²) in [6.07, 6.45) is 1.89. The summed E-state index contributed by atoms with van der Waals surface area (Å²) in [7, 11) is 1.84. The molecule has 1 N–H and O–H groups in total. The number of nitrogens with one attached hydrogen (secondary N) is 1. The van der Waals surface area contributed by atoms with E-state index >= 15 is 0 Å². The fraction of sp³-hybridized carbons (Fsp3) is 0.444. The van der Waals surface area contributed by atoms with E-state index in [4.69, 9.17) is 4.52 Å². The van der Waals surface area contributed by atoms with Crippen LogP contribution in [0, 0.1) is 0 Å². The highest BCUT2D eigenvalue weighted by atomic mass is 16.5. The minimum Gasteiger partial charge on any atom is -0.332 e. The minimum atomic E-state index is 0.465. The van der Waals surface area contributed by atoms with Crippen molar-refractivity contribution in [2.24, 2.45) is 0 Å². The lowest BCUT2D eigenvalue weighted by atomic mass is 10.4. The Morgan fingerprint density at radius 3 is 3.07 bits per heavy atom. The molecular weight excluding hydrogens is 194 g/mol. The van der Waals surface area contributed by atoms with Crippen molar-refractivity contribution in [3.05, 3.63) is 18.1 Å². The third-order valence-corrected chi connectivity index (χ3v) is 1.99. The van der Waals surface area contributed by atoms with Gasteiger partial charge in [0.15, 0.2) is 11.5 Å². The molecule has 0 atom stereocenters. The lowest BCUT2D eigenvalue weighted by Gasteiger charge is -1.90. The van der Waals surface area contributed by atoms with Gasteiger partial charge in [-0.15, -0.1) is 0 Å². The molecule has 0 aliphatic heterocycles. The van der Waals surface area contributed by atoms with E-state index < -0.39 is 0 Å². The summed E-state index contributed by atoms with van der Waals surface area (Å²) >= 11 is 0. The lowest BCUT2D eigenvalue weighted by molar-refractivity contribution is 0.419. The van der Waals surface area contributed by atoms with Crippen molar-refractivity contribution in [2.75, 3.05) is 7.05 Å². The first-order valence-corrected chi connectivity index (χ1v) is 4.84. The Kier molecular flexibility index (Phi) is 2.77. The summed E-state index contributed by atoms with van der Waals surface area (Å²) in [6, 6.07) is 1.86. The third kappa shape index (κ3) is 2.04. The molecule has 0 spiro atoms. The highest BCUT2D eigenvalue weighted by Gasteiger charge is 2.10. The molecular formula is C9H13N5O. The molecule has 0 bridgehead atoms. The van der Waals surface area contributed by atoms with Crippen LogP contribution < -0.4 is 5.32 Å². The smallest absolute Gasteiger partial charge is 0.278 e. The first-order chi connectivity index (χ1) is 7.33. The summed E-state index contributed by atoms with van der Waals surface area (Å²) < 4.78 is 6.90.